The zero-order valence-corrected chi connectivity index (χ0v) is 12.3. The van der Waals surface area contributed by atoms with E-state index in [9.17, 15) is 4.79 Å². The lowest BCUT2D eigenvalue weighted by atomic mass is 9.85. The summed E-state index contributed by atoms with van der Waals surface area (Å²) in [7, 11) is 0. The van der Waals surface area contributed by atoms with Crippen molar-refractivity contribution in [2.75, 3.05) is 6.61 Å². The fourth-order valence-electron chi connectivity index (χ4n) is 4.01. The third-order valence-corrected chi connectivity index (χ3v) is 5.17. The first-order valence-corrected chi connectivity index (χ1v) is 7.49. The molecular formula is C17H21NO2. The fraction of sp³-hybridized carbons (Fsp3) is 0.588. The molecule has 3 fully saturated rings. The summed E-state index contributed by atoms with van der Waals surface area (Å²) in [5.41, 5.74) is 0.703. The number of carbonyl (C=O) groups excluding carboxylic acids is 1. The molecular weight excluding hydrogens is 250 g/mol. The van der Waals surface area contributed by atoms with Crippen LogP contribution in [-0.4, -0.2) is 23.5 Å². The molecule has 4 rings (SSSR count). The van der Waals surface area contributed by atoms with Gasteiger partial charge in [-0.1, -0.05) is 51.1 Å². The van der Waals surface area contributed by atoms with Gasteiger partial charge >= 0.3 is 0 Å². The summed E-state index contributed by atoms with van der Waals surface area (Å²) in [6, 6.07) is 10.5. The van der Waals surface area contributed by atoms with Gasteiger partial charge in [0.05, 0.1) is 12.6 Å². The average molecular weight is 271 g/mol. The molecule has 2 saturated heterocycles. The van der Waals surface area contributed by atoms with Gasteiger partial charge in [-0.25, -0.2) is 0 Å². The summed E-state index contributed by atoms with van der Waals surface area (Å²) in [6.45, 7) is 7.23. The minimum absolute atomic E-state index is 0.0446. The lowest BCUT2D eigenvalue weighted by Crippen LogP contribution is -2.50. The molecule has 1 saturated carbocycles. The molecule has 3 heteroatoms. The van der Waals surface area contributed by atoms with Crippen LogP contribution in [0.15, 0.2) is 30.3 Å². The highest BCUT2D eigenvalue weighted by Gasteiger charge is 2.73. The van der Waals surface area contributed by atoms with E-state index in [0.717, 1.165) is 12.0 Å². The fourth-order valence-corrected chi connectivity index (χ4v) is 4.01. The Morgan fingerprint density at radius 2 is 1.95 bits per heavy atom. The second-order valence-corrected chi connectivity index (χ2v) is 7.41. The first kappa shape index (κ1) is 12.4. The van der Waals surface area contributed by atoms with Gasteiger partial charge in [0, 0.05) is 17.4 Å². The number of benzene rings is 1. The highest BCUT2D eigenvalue weighted by Crippen LogP contribution is 2.65. The number of rotatable bonds is 1. The molecule has 4 atom stereocenters. The first-order chi connectivity index (χ1) is 9.46. The summed E-state index contributed by atoms with van der Waals surface area (Å²) in [4.78, 5) is 14.8. The molecule has 1 aliphatic carbocycles. The molecule has 2 heterocycles. The second kappa shape index (κ2) is 3.64. The topological polar surface area (TPSA) is 29.5 Å². The Morgan fingerprint density at radius 1 is 1.25 bits per heavy atom. The predicted octanol–water partition coefficient (Wildman–Crippen LogP) is 2.76. The van der Waals surface area contributed by atoms with Crippen LogP contribution in [0, 0.1) is 17.3 Å². The molecule has 1 aromatic rings. The average Bonchev–Trinajstić information content (AvgIpc) is 3.03. The van der Waals surface area contributed by atoms with Crippen molar-refractivity contribution < 1.29 is 9.53 Å². The highest BCUT2D eigenvalue weighted by atomic mass is 16.5. The van der Waals surface area contributed by atoms with Gasteiger partial charge in [0.15, 0.2) is 5.72 Å². The molecule has 3 aliphatic rings. The van der Waals surface area contributed by atoms with Crippen molar-refractivity contribution >= 4 is 5.91 Å². The smallest absolute Gasteiger partial charge is 0.229 e. The summed E-state index contributed by atoms with van der Waals surface area (Å²) >= 11 is 0. The number of carbonyl (C=O) groups is 1. The Labute approximate surface area is 119 Å². The van der Waals surface area contributed by atoms with E-state index < -0.39 is 5.72 Å². The molecule has 2 aliphatic heterocycles. The number of piperidine rings is 1. The van der Waals surface area contributed by atoms with E-state index in [4.69, 9.17) is 4.74 Å². The summed E-state index contributed by atoms with van der Waals surface area (Å²) in [6.07, 6.45) is 0.987. The van der Waals surface area contributed by atoms with Crippen molar-refractivity contribution in [3.8, 4) is 0 Å². The van der Waals surface area contributed by atoms with Gasteiger partial charge in [0.2, 0.25) is 5.91 Å². The van der Waals surface area contributed by atoms with Crippen LogP contribution in [0.25, 0.3) is 0 Å². The van der Waals surface area contributed by atoms with Crippen LogP contribution in [0.3, 0.4) is 0 Å². The van der Waals surface area contributed by atoms with Crippen LogP contribution in [0.1, 0.15) is 32.8 Å². The molecule has 4 unspecified atom stereocenters. The first-order valence-electron chi connectivity index (χ1n) is 7.49. The number of nitrogens with zero attached hydrogens (tertiary/aromatic N) is 1. The van der Waals surface area contributed by atoms with Gasteiger partial charge in [0.1, 0.15) is 0 Å². The zero-order chi connectivity index (χ0) is 14.1. The molecule has 1 amide bonds. The van der Waals surface area contributed by atoms with Gasteiger partial charge < -0.3 is 9.64 Å². The van der Waals surface area contributed by atoms with Gasteiger partial charge in [-0.3, -0.25) is 4.79 Å². The maximum atomic E-state index is 12.7. The molecule has 106 valence electrons. The lowest BCUT2D eigenvalue weighted by Gasteiger charge is -2.40. The largest absolute Gasteiger partial charge is 0.349 e. The van der Waals surface area contributed by atoms with E-state index in [1.54, 1.807) is 0 Å². The van der Waals surface area contributed by atoms with E-state index in [2.05, 4.69) is 37.8 Å². The second-order valence-electron chi connectivity index (χ2n) is 7.41. The van der Waals surface area contributed by atoms with Crippen molar-refractivity contribution in [2.45, 2.75) is 39.0 Å². The maximum Gasteiger partial charge on any atom is 0.229 e. The Bertz CT molecular complexity index is 562. The van der Waals surface area contributed by atoms with Crippen LogP contribution >= 0.6 is 0 Å². The van der Waals surface area contributed by atoms with Gasteiger partial charge in [-0.2, -0.15) is 0 Å². The summed E-state index contributed by atoms with van der Waals surface area (Å²) in [5.74, 6) is 0.849. The van der Waals surface area contributed by atoms with E-state index in [0.29, 0.717) is 18.4 Å². The summed E-state index contributed by atoms with van der Waals surface area (Å²) in [5, 5.41) is 0. The molecule has 0 aromatic heterocycles. The van der Waals surface area contributed by atoms with Gasteiger partial charge in [0.25, 0.3) is 0 Å². The Kier molecular flexibility index (Phi) is 2.26. The monoisotopic (exact) mass is 271 g/mol. The van der Waals surface area contributed by atoms with Crippen molar-refractivity contribution in [3.05, 3.63) is 35.9 Å². The van der Waals surface area contributed by atoms with Crippen molar-refractivity contribution in [1.82, 2.24) is 4.90 Å². The Balaban J connectivity index is 1.84. The summed E-state index contributed by atoms with van der Waals surface area (Å²) < 4.78 is 6.32. The maximum absolute atomic E-state index is 12.7. The number of fused-ring (bicyclic) bond motifs is 3. The lowest BCUT2D eigenvalue weighted by molar-refractivity contribution is -0.148. The van der Waals surface area contributed by atoms with E-state index in [-0.39, 0.29) is 17.4 Å². The standard InChI is InChI=1S/C17H21NO2/c1-16(2,3)14-10-20-17(11-7-5-4-6-8-11)13-9-12(13)15(19)18(14)17/h4-8,12-14H,9-10H2,1-3H3. The molecule has 0 spiro atoms. The number of amides is 1. The van der Waals surface area contributed by atoms with Crippen molar-refractivity contribution in [3.63, 3.8) is 0 Å². The molecule has 0 bridgehead atoms. The van der Waals surface area contributed by atoms with Crippen LogP contribution in [0.4, 0.5) is 0 Å². The van der Waals surface area contributed by atoms with E-state index >= 15 is 0 Å². The molecule has 1 aromatic carbocycles. The molecule has 3 nitrogen and oxygen atoms in total. The number of ether oxygens (including phenoxy) is 1. The van der Waals surface area contributed by atoms with E-state index in [1.165, 1.54) is 0 Å². The highest BCUT2D eigenvalue weighted by molar-refractivity contribution is 5.87. The molecule has 0 radical (unpaired) electrons. The Hall–Kier alpha value is -1.35. The number of hydrogen-bond acceptors (Lipinski definition) is 2. The van der Waals surface area contributed by atoms with Crippen LogP contribution in [-0.2, 0) is 15.3 Å². The third kappa shape index (κ3) is 1.37. The van der Waals surface area contributed by atoms with Crippen LogP contribution in [0.5, 0.6) is 0 Å². The van der Waals surface area contributed by atoms with Crippen LogP contribution < -0.4 is 0 Å². The Morgan fingerprint density at radius 3 is 2.60 bits per heavy atom. The predicted molar refractivity (Wildman–Crippen MR) is 75.8 cm³/mol. The minimum Gasteiger partial charge on any atom is -0.349 e. The quantitative estimate of drug-likeness (QED) is 0.786. The molecule has 20 heavy (non-hydrogen) atoms. The van der Waals surface area contributed by atoms with Gasteiger partial charge in [-0.05, 0) is 11.8 Å². The SMILES string of the molecule is CC(C)(C)C1COC2(c3ccccc3)C3CC3C(=O)N12. The zero-order valence-electron chi connectivity index (χ0n) is 12.3. The molecule has 0 N–H and O–H groups in total. The van der Waals surface area contributed by atoms with Crippen LogP contribution in [0.2, 0.25) is 0 Å². The number of hydrogen-bond donors (Lipinski definition) is 0. The normalized spacial score (nSPS) is 38.9. The third-order valence-electron chi connectivity index (χ3n) is 5.17. The van der Waals surface area contributed by atoms with E-state index in [1.807, 2.05) is 18.2 Å². The van der Waals surface area contributed by atoms with Crippen molar-refractivity contribution in [2.24, 2.45) is 17.3 Å². The van der Waals surface area contributed by atoms with Crippen molar-refractivity contribution in [1.29, 1.82) is 0 Å². The van der Waals surface area contributed by atoms with Gasteiger partial charge in [-0.15, -0.1) is 0 Å². The minimum atomic E-state index is -0.485.